The average molecular weight is 386 g/mol. The summed E-state index contributed by atoms with van der Waals surface area (Å²) < 4.78 is 11.1. The maximum Gasteiger partial charge on any atom is 0.233 e. The lowest BCUT2D eigenvalue weighted by atomic mass is 9.81. The fraction of sp³-hybridized carbons (Fsp3) is 0.571. The lowest BCUT2D eigenvalue weighted by molar-refractivity contribution is -0.140. The molecule has 0 bridgehead atoms. The summed E-state index contributed by atoms with van der Waals surface area (Å²) in [6.45, 7) is 1.67. The lowest BCUT2D eigenvalue weighted by Crippen LogP contribution is -2.36. The number of benzene rings is 1. The van der Waals surface area contributed by atoms with Crippen LogP contribution < -0.4 is 9.47 Å². The standard InChI is InChI=1S/C21H26N2O5/c1-22(13-14-6-7-17-18(12-14)28-11-10-27-17)19(24)8-9-23-20(25)15-4-2-3-5-16(15)21(23)26/h6-7,12,15-16H,2-5,8-11,13H2,1H3/t15-,16+. The highest BCUT2D eigenvalue weighted by Crippen LogP contribution is 2.38. The van der Waals surface area contributed by atoms with E-state index in [0.717, 1.165) is 37.0 Å². The molecule has 1 aromatic carbocycles. The van der Waals surface area contributed by atoms with Crippen LogP contribution in [-0.2, 0) is 20.9 Å². The summed E-state index contributed by atoms with van der Waals surface area (Å²) in [5.74, 6) is 0.829. The fourth-order valence-corrected chi connectivity index (χ4v) is 4.40. The van der Waals surface area contributed by atoms with Crippen LogP contribution in [0.2, 0.25) is 0 Å². The van der Waals surface area contributed by atoms with Gasteiger partial charge >= 0.3 is 0 Å². The van der Waals surface area contributed by atoms with Crippen molar-refractivity contribution in [1.29, 1.82) is 0 Å². The molecule has 0 spiro atoms. The van der Waals surface area contributed by atoms with Crippen molar-refractivity contribution in [2.24, 2.45) is 11.8 Å². The van der Waals surface area contributed by atoms with Crippen LogP contribution >= 0.6 is 0 Å². The van der Waals surface area contributed by atoms with E-state index in [0.29, 0.717) is 25.5 Å². The van der Waals surface area contributed by atoms with Crippen molar-refractivity contribution < 1.29 is 23.9 Å². The molecule has 150 valence electrons. The summed E-state index contributed by atoms with van der Waals surface area (Å²) >= 11 is 0. The van der Waals surface area contributed by atoms with Crippen molar-refractivity contribution >= 4 is 17.7 Å². The van der Waals surface area contributed by atoms with E-state index in [-0.39, 0.29) is 42.5 Å². The molecule has 0 N–H and O–H groups in total. The predicted molar refractivity (Wildman–Crippen MR) is 101 cm³/mol. The molecule has 3 aliphatic rings. The first-order valence-corrected chi connectivity index (χ1v) is 10.0. The molecule has 1 saturated heterocycles. The Kier molecular flexibility index (Phi) is 5.24. The van der Waals surface area contributed by atoms with Gasteiger partial charge in [-0.2, -0.15) is 0 Å². The van der Waals surface area contributed by atoms with Crippen molar-refractivity contribution in [2.45, 2.75) is 38.6 Å². The molecule has 1 aliphatic carbocycles. The summed E-state index contributed by atoms with van der Waals surface area (Å²) in [7, 11) is 1.73. The number of ether oxygens (including phenoxy) is 2. The van der Waals surface area contributed by atoms with Gasteiger partial charge in [0.15, 0.2) is 11.5 Å². The zero-order valence-corrected chi connectivity index (χ0v) is 16.2. The molecule has 0 aromatic heterocycles. The molecule has 1 aromatic rings. The van der Waals surface area contributed by atoms with Crippen LogP contribution in [0.25, 0.3) is 0 Å². The van der Waals surface area contributed by atoms with Gasteiger partial charge in [0.2, 0.25) is 17.7 Å². The van der Waals surface area contributed by atoms with Gasteiger partial charge in [-0.05, 0) is 30.5 Å². The monoisotopic (exact) mass is 386 g/mol. The summed E-state index contributed by atoms with van der Waals surface area (Å²) in [5, 5.41) is 0. The lowest BCUT2D eigenvalue weighted by Gasteiger charge is -2.22. The summed E-state index contributed by atoms with van der Waals surface area (Å²) in [5.41, 5.74) is 0.944. The van der Waals surface area contributed by atoms with Crippen LogP contribution in [0, 0.1) is 11.8 Å². The quantitative estimate of drug-likeness (QED) is 0.724. The first-order valence-electron chi connectivity index (χ1n) is 10.0. The smallest absolute Gasteiger partial charge is 0.233 e. The molecule has 28 heavy (non-hydrogen) atoms. The maximum absolute atomic E-state index is 12.5. The van der Waals surface area contributed by atoms with Crippen molar-refractivity contribution in [1.82, 2.24) is 9.80 Å². The topological polar surface area (TPSA) is 76.2 Å². The van der Waals surface area contributed by atoms with E-state index in [2.05, 4.69) is 0 Å². The van der Waals surface area contributed by atoms with E-state index in [1.54, 1.807) is 11.9 Å². The highest BCUT2D eigenvalue weighted by molar-refractivity contribution is 6.05. The number of nitrogens with zero attached hydrogens (tertiary/aromatic N) is 2. The average Bonchev–Trinajstić information content (AvgIpc) is 2.96. The highest BCUT2D eigenvalue weighted by Gasteiger charge is 2.47. The minimum Gasteiger partial charge on any atom is -0.486 e. The van der Waals surface area contributed by atoms with Gasteiger partial charge in [-0.3, -0.25) is 19.3 Å². The number of amides is 3. The summed E-state index contributed by atoms with van der Waals surface area (Å²) in [6.07, 6.45) is 3.75. The number of rotatable bonds is 5. The van der Waals surface area contributed by atoms with E-state index in [9.17, 15) is 14.4 Å². The van der Waals surface area contributed by atoms with Crippen molar-refractivity contribution in [3.63, 3.8) is 0 Å². The first kappa shape index (κ1) is 18.8. The van der Waals surface area contributed by atoms with E-state index < -0.39 is 0 Å². The minimum atomic E-state index is -0.160. The van der Waals surface area contributed by atoms with Crippen LogP contribution in [0.15, 0.2) is 18.2 Å². The Bertz CT molecular complexity index is 769. The Morgan fingerprint density at radius 1 is 1.07 bits per heavy atom. The van der Waals surface area contributed by atoms with Crippen molar-refractivity contribution in [3.8, 4) is 11.5 Å². The third-order valence-corrected chi connectivity index (χ3v) is 5.93. The molecule has 2 fully saturated rings. The zero-order valence-electron chi connectivity index (χ0n) is 16.2. The molecule has 4 rings (SSSR count). The Hall–Kier alpha value is -2.57. The van der Waals surface area contributed by atoms with Gasteiger partial charge < -0.3 is 14.4 Å². The van der Waals surface area contributed by atoms with Crippen LogP contribution in [0.3, 0.4) is 0 Å². The number of carbonyl (C=O) groups excluding carboxylic acids is 3. The van der Waals surface area contributed by atoms with E-state index >= 15 is 0 Å². The molecule has 3 amide bonds. The summed E-state index contributed by atoms with van der Waals surface area (Å²) in [6, 6.07) is 5.65. The van der Waals surface area contributed by atoms with Crippen LogP contribution in [0.4, 0.5) is 0 Å². The molecule has 2 heterocycles. The fourth-order valence-electron chi connectivity index (χ4n) is 4.40. The number of likely N-dealkylation sites (tertiary alicyclic amines) is 1. The number of imide groups is 1. The second-order valence-electron chi connectivity index (χ2n) is 7.80. The van der Waals surface area contributed by atoms with Crippen molar-refractivity contribution in [2.75, 3.05) is 26.8 Å². The zero-order chi connectivity index (χ0) is 19.7. The Morgan fingerprint density at radius 2 is 1.71 bits per heavy atom. The summed E-state index contributed by atoms with van der Waals surface area (Å²) in [4.78, 5) is 40.5. The Labute approximate surface area is 164 Å². The van der Waals surface area contributed by atoms with Gasteiger partial charge in [-0.15, -0.1) is 0 Å². The molecule has 1 saturated carbocycles. The number of carbonyl (C=O) groups is 3. The first-order chi connectivity index (χ1) is 13.5. The van der Waals surface area contributed by atoms with Gasteiger partial charge in [0.05, 0.1) is 11.8 Å². The molecule has 7 nitrogen and oxygen atoms in total. The van der Waals surface area contributed by atoms with Gasteiger partial charge in [0.25, 0.3) is 0 Å². The van der Waals surface area contributed by atoms with Crippen LogP contribution in [-0.4, -0.2) is 54.3 Å². The molecule has 2 atom stereocenters. The number of fused-ring (bicyclic) bond motifs is 2. The SMILES string of the molecule is CN(Cc1ccc2c(c1)OCCO2)C(=O)CCN1C(=O)[C@H]2CCCC[C@H]2C1=O. The normalized spacial score (nSPS) is 23.5. The molecular formula is C21H26N2O5. The van der Waals surface area contributed by atoms with E-state index in [4.69, 9.17) is 9.47 Å². The third kappa shape index (κ3) is 3.57. The predicted octanol–water partition coefficient (Wildman–Crippen LogP) is 1.98. The molecule has 2 aliphatic heterocycles. The number of hydrogen-bond donors (Lipinski definition) is 0. The second kappa shape index (κ2) is 7.81. The second-order valence-corrected chi connectivity index (χ2v) is 7.80. The third-order valence-electron chi connectivity index (χ3n) is 5.93. The molecule has 7 heteroatoms. The molecule has 0 radical (unpaired) electrons. The highest BCUT2D eigenvalue weighted by atomic mass is 16.6. The Morgan fingerprint density at radius 3 is 2.39 bits per heavy atom. The van der Waals surface area contributed by atoms with Gasteiger partial charge in [-0.25, -0.2) is 0 Å². The largest absolute Gasteiger partial charge is 0.486 e. The molecular weight excluding hydrogens is 360 g/mol. The minimum absolute atomic E-state index is 0.0861. The Balaban J connectivity index is 1.32. The van der Waals surface area contributed by atoms with E-state index in [1.807, 2.05) is 18.2 Å². The van der Waals surface area contributed by atoms with Gasteiger partial charge in [0.1, 0.15) is 13.2 Å². The van der Waals surface area contributed by atoms with Crippen molar-refractivity contribution in [3.05, 3.63) is 23.8 Å². The van der Waals surface area contributed by atoms with Gasteiger partial charge in [-0.1, -0.05) is 18.9 Å². The van der Waals surface area contributed by atoms with Crippen LogP contribution in [0.5, 0.6) is 11.5 Å². The maximum atomic E-state index is 12.5. The van der Waals surface area contributed by atoms with Gasteiger partial charge in [0, 0.05) is 26.6 Å². The van der Waals surface area contributed by atoms with Crippen LogP contribution in [0.1, 0.15) is 37.7 Å². The number of hydrogen-bond acceptors (Lipinski definition) is 5. The molecule has 0 unspecified atom stereocenters. The van der Waals surface area contributed by atoms with E-state index in [1.165, 1.54) is 4.90 Å².